The van der Waals surface area contributed by atoms with E-state index in [9.17, 15) is 4.79 Å². The summed E-state index contributed by atoms with van der Waals surface area (Å²) in [4.78, 5) is 15.9. The van der Waals surface area contributed by atoms with Crippen molar-refractivity contribution in [3.8, 4) is 0 Å². The fourth-order valence-electron chi connectivity index (χ4n) is 2.19. The minimum atomic E-state index is -0.499. The molecule has 0 radical (unpaired) electrons. The first-order chi connectivity index (χ1) is 6.23. The molecule has 2 aliphatic rings. The first-order valence-corrected chi connectivity index (χ1v) is 4.90. The van der Waals surface area contributed by atoms with E-state index >= 15 is 0 Å². The number of nitrogens with two attached hydrogens (primary N) is 1. The number of rotatable bonds is 0. The molecule has 72 valence electrons. The monoisotopic (exact) mass is 181 g/mol. The molecule has 0 aromatic rings. The topological polar surface area (TPSA) is 67.5 Å². The zero-order valence-corrected chi connectivity index (χ0v) is 7.68. The lowest BCUT2D eigenvalue weighted by molar-refractivity contribution is -0.124. The van der Waals surface area contributed by atoms with Gasteiger partial charge >= 0.3 is 0 Å². The van der Waals surface area contributed by atoms with Gasteiger partial charge in [0.2, 0.25) is 0 Å². The summed E-state index contributed by atoms with van der Waals surface area (Å²) in [6, 6.07) is 0. The Morgan fingerprint density at radius 3 is 2.31 bits per heavy atom. The van der Waals surface area contributed by atoms with Crippen LogP contribution in [-0.2, 0) is 4.79 Å². The lowest BCUT2D eigenvalue weighted by Crippen LogP contribution is -2.40. The van der Waals surface area contributed by atoms with Crippen molar-refractivity contribution in [1.82, 2.24) is 5.32 Å². The van der Waals surface area contributed by atoms with Crippen molar-refractivity contribution in [3.05, 3.63) is 0 Å². The van der Waals surface area contributed by atoms with E-state index in [2.05, 4.69) is 10.3 Å². The summed E-state index contributed by atoms with van der Waals surface area (Å²) < 4.78 is 0. The summed E-state index contributed by atoms with van der Waals surface area (Å²) in [5, 5.41) is 2.59. The van der Waals surface area contributed by atoms with Gasteiger partial charge in [0.05, 0.1) is 0 Å². The number of carbonyl (C=O) groups excluding carboxylic acids is 1. The molecular weight excluding hydrogens is 166 g/mol. The van der Waals surface area contributed by atoms with E-state index in [1.807, 2.05) is 0 Å². The van der Waals surface area contributed by atoms with Crippen LogP contribution in [-0.4, -0.2) is 17.4 Å². The third-order valence-corrected chi connectivity index (χ3v) is 2.93. The lowest BCUT2D eigenvalue weighted by atomic mass is 9.91. The highest BCUT2D eigenvalue weighted by Crippen LogP contribution is 2.32. The SMILES string of the molecule is NC1=NC2(CCCCCC2)C(=O)N1. The van der Waals surface area contributed by atoms with Gasteiger partial charge in [-0.15, -0.1) is 0 Å². The molecule has 0 atom stereocenters. The molecule has 0 aromatic heterocycles. The summed E-state index contributed by atoms with van der Waals surface area (Å²) in [5.41, 5.74) is 5.00. The Balaban J connectivity index is 2.21. The van der Waals surface area contributed by atoms with Crippen molar-refractivity contribution in [2.45, 2.75) is 44.1 Å². The van der Waals surface area contributed by atoms with Crippen LogP contribution < -0.4 is 11.1 Å². The summed E-state index contributed by atoms with van der Waals surface area (Å²) >= 11 is 0. The van der Waals surface area contributed by atoms with Crippen molar-refractivity contribution in [2.24, 2.45) is 10.7 Å². The number of carbonyl (C=O) groups is 1. The van der Waals surface area contributed by atoms with Gasteiger partial charge in [-0.25, -0.2) is 4.99 Å². The average molecular weight is 181 g/mol. The molecule has 1 spiro atoms. The van der Waals surface area contributed by atoms with Crippen molar-refractivity contribution in [1.29, 1.82) is 0 Å². The van der Waals surface area contributed by atoms with E-state index in [-0.39, 0.29) is 5.91 Å². The maximum atomic E-state index is 11.6. The highest BCUT2D eigenvalue weighted by Gasteiger charge is 2.42. The van der Waals surface area contributed by atoms with Crippen LogP contribution in [0.4, 0.5) is 0 Å². The van der Waals surface area contributed by atoms with E-state index in [0.29, 0.717) is 5.96 Å². The van der Waals surface area contributed by atoms with Gasteiger partial charge in [0.15, 0.2) is 5.96 Å². The first kappa shape index (κ1) is 8.53. The maximum absolute atomic E-state index is 11.6. The van der Waals surface area contributed by atoms with Crippen LogP contribution in [0.3, 0.4) is 0 Å². The van der Waals surface area contributed by atoms with Crippen molar-refractivity contribution >= 4 is 11.9 Å². The molecule has 1 amide bonds. The fourth-order valence-corrected chi connectivity index (χ4v) is 2.19. The zero-order valence-electron chi connectivity index (χ0n) is 7.68. The predicted molar refractivity (Wildman–Crippen MR) is 50.2 cm³/mol. The molecule has 1 fully saturated rings. The van der Waals surface area contributed by atoms with Gasteiger partial charge in [-0.3, -0.25) is 10.1 Å². The Labute approximate surface area is 77.6 Å². The van der Waals surface area contributed by atoms with Gasteiger partial charge in [0.1, 0.15) is 5.54 Å². The Morgan fingerprint density at radius 2 is 1.85 bits per heavy atom. The predicted octanol–water partition coefficient (Wildman–Crippen LogP) is 0.524. The molecule has 0 unspecified atom stereocenters. The van der Waals surface area contributed by atoms with Crippen molar-refractivity contribution in [3.63, 3.8) is 0 Å². The minimum absolute atomic E-state index is 0.00639. The average Bonchev–Trinajstić information content (AvgIpc) is 2.29. The number of nitrogens with zero attached hydrogens (tertiary/aromatic N) is 1. The largest absolute Gasteiger partial charge is 0.370 e. The molecule has 3 N–H and O–H groups in total. The third kappa shape index (κ3) is 1.41. The summed E-state index contributed by atoms with van der Waals surface area (Å²) in [6.45, 7) is 0. The molecule has 0 bridgehead atoms. The summed E-state index contributed by atoms with van der Waals surface area (Å²) in [7, 11) is 0. The quantitative estimate of drug-likeness (QED) is 0.572. The van der Waals surface area contributed by atoms with E-state index in [1.165, 1.54) is 12.8 Å². The van der Waals surface area contributed by atoms with Crippen molar-refractivity contribution in [2.75, 3.05) is 0 Å². The lowest BCUT2D eigenvalue weighted by Gasteiger charge is -2.20. The van der Waals surface area contributed by atoms with E-state index in [0.717, 1.165) is 25.7 Å². The second-order valence-corrected chi connectivity index (χ2v) is 3.90. The maximum Gasteiger partial charge on any atom is 0.254 e. The second kappa shape index (κ2) is 3.01. The highest BCUT2D eigenvalue weighted by molar-refractivity contribution is 6.06. The molecule has 0 aromatic carbocycles. The second-order valence-electron chi connectivity index (χ2n) is 3.90. The molecule has 2 rings (SSSR count). The van der Waals surface area contributed by atoms with Crippen LogP contribution >= 0.6 is 0 Å². The smallest absolute Gasteiger partial charge is 0.254 e. The molecule has 4 nitrogen and oxygen atoms in total. The highest BCUT2D eigenvalue weighted by atomic mass is 16.2. The Hall–Kier alpha value is -1.06. The van der Waals surface area contributed by atoms with E-state index < -0.39 is 5.54 Å². The number of nitrogens with one attached hydrogen (secondary N) is 1. The van der Waals surface area contributed by atoms with Crippen LogP contribution in [0.15, 0.2) is 4.99 Å². The van der Waals surface area contributed by atoms with Gasteiger partial charge in [0, 0.05) is 0 Å². The molecule has 0 saturated heterocycles. The molecule has 1 aliphatic heterocycles. The molecule has 1 saturated carbocycles. The van der Waals surface area contributed by atoms with E-state index in [1.54, 1.807) is 0 Å². The minimum Gasteiger partial charge on any atom is -0.370 e. The number of aliphatic imine (C=N–C) groups is 1. The van der Waals surface area contributed by atoms with Gasteiger partial charge in [0.25, 0.3) is 5.91 Å². The Morgan fingerprint density at radius 1 is 1.23 bits per heavy atom. The van der Waals surface area contributed by atoms with Crippen LogP contribution in [0.1, 0.15) is 38.5 Å². The standard InChI is InChI=1S/C9H15N3O/c10-8-11-7(13)9(12-8)5-3-1-2-4-6-9/h1-6H2,(H3,10,11,12,13). The van der Waals surface area contributed by atoms with Gasteiger partial charge < -0.3 is 5.73 Å². The molecule has 1 heterocycles. The van der Waals surface area contributed by atoms with Crippen molar-refractivity contribution < 1.29 is 4.79 Å². The summed E-state index contributed by atoms with van der Waals surface area (Å²) in [6.07, 6.45) is 6.32. The molecule has 4 heteroatoms. The molecule has 13 heavy (non-hydrogen) atoms. The number of hydrogen-bond donors (Lipinski definition) is 2. The van der Waals surface area contributed by atoms with Gasteiger partial charge in [-0.1, -0.05) is 25.7 Å². The first-order valence-electron chi connectivity index (χ1n) is 4.90. The van der Waals surface area contributed by atoms with E-state index in [4.69, 9.17) is 5.73 Å². The van der Waals surface area contributed by atoms with Gasteiger partial charge in [-0.2, -0.15) is 0 Å². The number of guanidine groups is 1. The Bertz CT molecular complexity index is 252. The normalized spacial score (nSPS) is 26.8. The molecule has 1 aliphatic carbocycles. The number of amides is 1. The van der Waals surface area contributed by atoms with Gasteiger partial charge in [-0.05, 0) is 12.8 Å². The van der Waals surface area contributed by atoms with Crippen LogP contribution in [0.2, 0.25) is 0 Å². The van der Waals surface area contributed by atoms with Crippen LogP contribution in [0.5, 0.6) is 0 Å². The third-order valence-electron chi connectivity index (χ3n) is 2.93. The van der Waals surface area contributed by atoms with Crippen LogP contribution in [0, 0.1) is 0 Å². The fraction of sp³-hybridized carbons (Fsp3) is 0.778. The summed E-state index contributed by atoms with van der Waals surface area (Å²) in [5.74, 6) is 0.304. The number of hydrogen-bond acceptors (Lipinski definition) is 3. The van der Waals surface area contributed by atoms with Crippen LogP contribution in [0.25, 0.3) is 0 Å². The molecular formula is C9H15N3O. The zero-order chi connectivity index (χ0) is 9.31. The Kier molecular flexibility index (Phi) is 1.98.